The molecule has 2 nitrogen and oxygen atoms in total. The number of carbonyl (C=O) groups excluding carboxylic acids is 1. The summed E-state index contributed by atoms with van der Waals surface area (Å²) in [5, 5.41) is 0. The van der Waals surface area contributed by atoms with Crippen molar-refractivity contribution in [3.8, 4) is 0 Å². The first-order chi connectivity index (χ1) is 5.59. The summed E-state index contributed by atoms with van der Waals surface area (Å²) in [5.74, 6) is 1.65. The second-order valence-corrected chi connectivity index (χ2v) is 3.25. The molecule has 0 saturated carbocycles. The van der Waals surface area contributed by atoms with Gasteiger partial charge in [0.2, 0.25) is 0 Å². The van der Waals surface area contributed by atoms with Gasteiger partial charge in [0.15, 0.2) is 0 Å². The molecule has 0 aliphatic rings. The zero-order valence-electron chi connectivity index (χ0n) is 7.91. The fraction of sp³-hybridized carbons (Fsp3) is 0.875. The van der Waals surface area contributed by atoms with Crippen LogP contribution in [0.25, 0.3) is 0 Å². The second kappa shape index (κ2) is 11.2. The van der Waals surface area contributed by atoms with Gasteiger partial charge in [-0.2, -0.15) is 25.3 Å². The third-order valence-electron chi connectivity index (χ3n) is 0.858. The molecule has 0 amide bonds. The summed E-state index contributed by atoms with van der Waals surface area (Å²) in [5.41, 5.74) is 0. The van der Waals surface area contributed by atoms with Gasteiger partial charge in [-0.05, 0) is 18.4 Å². The summed E-state index contributed by atoms with van der Waals surface area (Å²) in [6, 6.07) is 0. The Morgan fingerprint density at radius 1 is 1.33 bits per heavy atom. The Balaban J connectivity index is 0. The molecule has 0 unspecified atom stereocenters. The highest BCUT2D eigenvalue weighted by Gasteiger charge is 2.04. The lowest BCUT2D eigenvalue weighted by Crippen LogP contribution is -2.10. The van der Waals surface area contributed by atoms with Crippen LogP contribution in [0, 0.1) is 5.92 Å². The van der Waals surface area contributed by atoms with E-state index in [1.807, 2.05) is 13.8 Å². The Kier molecular flexibility index (Phi) is 13.7. The first-order valence-corrected chi connectivity index (χ1v) is 5.24. The minimum atomic E-state index is -0.118. The molecule has 0 aliphatic carbocycles. The predicted molar refractivity (Wildman–Crippen MR) is 59.2 cm³/mol. The molecule has 0 bridgehead atoms. The molecule has 0 N–H and O–H groups in total. The molecule has 0 rings (SSSR count). The van der Waals surface area contributed by atoms with Crippen LogP contribution in [-0.4, -0.2) is 24.1 Å². The molecule has 0 spiro atoms. The van der Waals surface area contributed by atoms with Crippen LogP contribution in [0.4, 0.5) is 0 Å². The number of rotatable bonds is 3. The van der Waals surface area contributed by atoms with Crippen molar-refractivity contribution in [3.05, 3.63) is 0 Å². The van der Waals surface area contributed by atoms with E-state index in [0.717, 1.165) is 11.5 Å². The lowest BCUT2D eigenvalue weighted by atomic mass is 10.2. The summed E-state index contributed by atoms with van der Waals surface area (Å²) in [6.45, 7) is 5.92. The topological polar surface area (TPSA) is 26.3 Å². The van der Waals surface area contributed by atoms with Crippen molar-refractivity contribution < 1.29 is 9.53 Å². The molecule has 0 aromatic rings. The maximum absolute atomic E-state index is 10.5. The Morgan fingerprint density at radius 3 is 1.83 bits per heavy atom. The molecule has 0 aromatic carbocycles. The SMILES string of the molecule is CCOC(=O)C(C)C.SCCS. The fourth-order valence-corrected chi connectivity index (χ4v) is 0.309. The van der Waals surface area contributed by atoms with Gasteiger partial charge in [-0.15, -0.1) is 0 Å². The number of ether oxygens (including phenoxy) is 1. The highest BCUT2D eigenvalue weighted by Crippen LogP contribution is 1.93. The zero-order chi connectivity index (χ0) is 9.98. The molecule has 0 aliphatic heterocycles. The van der Waals surface area contributed by atoms with E-state index >= 15 is 0 Å². The highest BCUT2D eigenvalue weighted by atomic mass is 32.1. The van der Waals surface area contributed by atoms with Crippen molar-refractivity contribution in [2.45, 2.75) is 20.8 Å². The molecule has 74 valence electrons. The van der Waals surface area contributed by atoms with E-state index in [4.69, 9.17) is 0 Å². The van der Waals surface area contributed by atoms with E-state index in [1.165, 1.54) is 0 Å². The van der Waals surface area contributed by atoms with E-state index < -0.39 is 0 Å². The van der Waals surface area contributed by atoms with Gasteiger partial charge in [0.25, 0.3) is 0 Å². The third-order valence-corrected chi connectivity index (χ3v) is 1.66. The van der Waals surface area contributed by atoms with Gasteiger partial charge in [-0.1, -0.05) is 13.8 Å². The van der Waals surface area contributed by atoms with Crippen LogP contribution in [0.15, 0.2) is 0 Å². The van der Waals surface area contributed by atoms with E-state index in [2.05, 4.69) is 30.0 Å². The molecule has 0 saturated heterocycles. The van der Waals surface area contributed by atoms with Gasteiger partial charge >= 0.3 is 5.97 Å². The van der Waals surface area contributed by atoms with Gasteiger partial charge in [0.1, 0.15) is 0 Å². The van der Waals surface area contributed by atoms with Crippen molar-refractivity contribution in [1.82, 2.24) is 0 Å². The summed E-state index contributed by atoms with van der Waals surface area (Å²) < 4.78 is 4.66. The van der Waals surface area contributed by atoms with Crippen LogP contribution in [0.3, 0.4) is 0 Å². The number of hydrogen-bond acceptors (Lipinski definition) is 4. The Labute approximate surface area is 85.9 Å². The molecular formula is C8H18O2S2. The van der Waals surface area contributed by atoms with Crippen molar-refractivity contribution in [2.75, 3.05) is 18.1 Å². The first-order valence-electron chi connectivity index (χ1n) is 3.98. The molecule has 0 fully saturated rings. The van der Waals surface area contributed by atoms with Gasteiger partial charge in [-0.3, -0.25) is 4.79 Å². The number of hydrogen-bond donors (Lipinski definition) is 2. The minimum absolute atomic E-state index is 0.00921. The monoisotopic (exact) mass is 210 g/mol. The lowest BCUT2D eigenvalue weighted by molar-refractivity contribution is -0.146. The molecule has 4 heteroatoms. The van der Waals surface area contributed by atoms with Crippen molar-refractivity contribution in [2.24, 2.45) is 5.92 Å². The molecule has 0 radical (unpaired) electrons. The van der Waals surface area contributed by atoms with Crippen molar-refractivity contribution in [3.63, 3.8) is 0 Å². The lowest BCUT2D eigenvalue weighted by Gasteiger charge is -2.01. The maximum Gasteiger partial charge on any atom is 0.308 e. The normalized spacial score (nSPS) is 8.83. The fourth-order valence-electron chi connectivity index (χ4n) is 0.309. The van der Waals surface area contributed by atoms with Gasteiger partial charge < -0.3 is 4.74 Å². The number of thiol groups is 2. The van der Waals surface area contributed by atoms with Crippen LogP contribution < -0.4 is 0 Å². The van der Waals surface area contributed by atoms with E-state index in [1.54, 1.807) is 6.92 Å². The highest BCUT2D eigenvalue weighted by molar-refractivity contribution is 7.84. The molecule has 0 atom stereocenters. The Bertz CT molecular complexity index is 103. The third kappa shape index (κ3) is 12.8. The summed E-state index contributed by atoms with van der Waals surface area (Å²) in [7, 11) is 0. The van der Waals surface area contributed by atoms with Gasteiger partial charge in [-0.25, -0.2) is 0 Å². The largest absolute Gasteiger partial charge is 0.466 e. The minimum Gasteiger partial charge on any atom is -0.466 e. The molecular weight excluding hydrogens is 192 g/mol. The quantitative estimate of drug-likeness (QED) is 0.551. The standard InChI is InChI=1S/C6H12O2.C2H6S2/c1-4-8-6(7)5(2)3;3-1-2-4/h5H,4H2,1-3H3;3-4H,1-2H2. The Hall–Kier alpha value is 0.170. The predicted octanol–water partition coefficient (Wildman–Crippen LogP) is 2.05. The Morgan fingerprint density at radius 2 is 1.75 bits per heavy atom. The van der Waals surface area contributed by atoms with Crippen molar-refractivity contribution >= 4 is 31.2 Å². The maximum atomic E-state index is 10.5. The van der Waals surface area contributed by atoms with Crippen LogP contribution in [0.1, 0.15) is 20.8 Å². The smallest absolute Gasteiger partial charge is 0.308 e. The summed E-state index contributed by atoms with van der Waals surface area (Å²) in [4.78, 5) is 10.5. The van der Waals surface area contributed by atoms with Crippen LogP contribution in [-0.2, 0) is 9.53 Å². The molecule has 0 aromatic heterocycles. The average molecular weight is 210 g/mol. The number of esters is 1. The molecule has 12 heavy (non-hydrogen) atoms. The van der Waals surface area contributed by atoms with Gasteiger partial charge in [0, 0.05) is 0 Å². The summed E-state index contributed by atoms with van der Waals surface area (Å²) >= 11 is 7.69. The number of carbonyl (C=O) groups is 1. The van der Waals surface area contributed by atoms with Crippen LogP contribution in [0.2, 0.25) is 0 Å². The average Bonchev–Trinajstić information content (AvgIpc) is 2.05. The van der Waals surface area contributed by atoms with Crippen LogP contribution >= 0.6 is 25.3 Å². The zero-order valence-corrected chi connectivity index (χ0v) is 9.70. The summed E-state index contributed by atoms with van der Waals surface area (Å²) in [6.07, 6.45) is 0. The van der Waals surface area contributed by atoms with E-state index in [9.17, 15) is 4.79 Å². The van der Waals surface area contributed by atoms with E-state index in [-0.39, 0.29) is 11.9 Å². The second-order valence-electron chi connectivity index (χ2n) is 2.35. The van der Waals surface area contributed by atoms with Gasteiger partial charge in [0.05, 0.1) is 12.5 Å². The van der Waals surface area contributed by atoms with E-state index in [0.29, 0.717) is 6.61 Å². The molecule has 0 heterocycles. The van der Waals surface area contributed by atoms with Crippen LogP contribution in [0.5, 0.6) is 0 Å². The van der Waals surface area contributed by atoms with Crippen molar-refractivity contribution in [1.29, 1.82) is 0 Å². The first kappa shape index (κ1) is 14.7.